The number of pyridine rings is 1. The minimum atomic E-state index is -0.0203. The van der Waals surface area contributed by atoms with Crippen LogP contribution in [-0.4, -0.2) is 30.2 Å². The molecule has 0 spiro atoms. The van der Waals surface area contributed by atoms with Gasteiger partial charge >= 0.3 is 0 Å². The molecule has 0 unspecified atom stereocenters. The predicted octanol–water partition coefficient (Wildman–Crippen LogP) is 5.38. The molecule has 0 aliphatic heterocycles. The third-order valence-corrected chi connectivity index (χ3v) is 7.34. The van der Waals surface area contributed by atoms with Gasteiger partial charge < -0.3 is 16.0 Å². The Balaban J connectivity index is 1.25. The van der Waals surface area contributed by atoms with Crippen LogP contribution < -0.4 is 11.1 Å². The number of para-hydroxylation sites is 1. The van der Waals surface area contributed by atoms with E-state index < -0.39 is 0 Å². The molecule has 5 aromatic rings. The number of nitrogen functional groups attached to an aromatic ring is 1. The number of aryl methyl sites for hydroxylation is 2. The van der Waals surface area contributed by atoms with Gasteiger partial charge in [-0.1, -0.05) is 18.2 Å². The van der Waals surface area contributed by atoms with Crippen LogP contribution in [0.15, 0.2) is 54.9 Å². The smallest absolute Gasteiger partial charge is 0.227 e. The lowest BCUT2D eigenvalue weighted by atomic mass is 9.81. The standard InChI is InChI=1S/C28H29N7O/c1-16-7-12-21(17(2)31-16)33-28(36)19-10-8-18(9-11-19)27-34-24(25-26(29)30-13-14-35(25)27)23-15-20-5-3-4-6-22(20)32-23/h3-7,12-15,18-19,32H,8-11H2,1-2H3,(H2,29,30)(H,33,36)/t18-,19-. The van der Waals surface area contributed by atoms with E-state index in [2.05, 4.69) is 42.9 Å². The van der Waals surface area contributed by atoms with Crippen LogP contribution in [0.2, 0.25) is 0 Å². The van der Waals surface area contributed by atoms with Crippen molar-refractivity contribution in [3.8, 4) is 11.4 Å². The highest BCUT2D eigenvalue weighted by Crippen LogP contribution is 2.39. The first-order chi connectivity index (χ1) is 17.5. The number of imidazole rings is 1. The normalized spacial score (nSPS) is 18.1. The first-order valence-electron chi connectivity index (χ1n) is 12.4. The number of hydrogen-bond donors (Lipinski definition) is 3. The van der Waals surface area contributed by atoms with Crippen LogP contribution in [0.1, 0.15) is 48.8 Å². The van der Waals surface area contributed by atoms with Crippen molar-refractivity contribution < 1.29 is 4.79 Å². The molecule has 4 heterocycles. The second-order valence-corrected chi connectivity index (χ2v) is 9.74. The monoisotopic (exact) mass is 479 g/mol. The van der Waals surface area contributed by atoms with Gasteiger partial charge in [-0.2, -0.15) is 0 Å². The molecule has 0 bridgehead atoms. The highest BCUT2D eigenvalue weighted by Gasteiger charge is 2.31. The topological polar surface area (TPSA) is 114 Å². The Bertz CT molecular complexity index is 1560. The predicted molar refractivity (Wildman–Crippen MR) is 142 cm³/mol. The molecular formula is C28H29N7O. The lowest BCUT2D eigenvalue weighted by Gasteiger charge is -2.27. The molecule has 1 amide bonds. The number of nitrogens with one attached hydrogen (secondary N) is 2. The van der Waals surface area contributed by atoms with Gasteiger partial charge in [0, 0.05) is 40.8 Å². The van der Waals surface area contributed by atoms with Gasteiger partial charge in [-0.05, 0) is 63.8 Å². The molecule has 1 aliphatic carbocycles. The summed E-state index contributed by atoms with van der Waals surface area (Å²) in [6.07, 6.45) is 7.05. The Morgan fingerprint density at radius 3 is 2.67 bits per heavy atom. The molecular weight excluding hydrogens is 450 g/mol. The number of hydrogen-bond acceptors (Lipinski definition) is 5. The van der Waals surface area contributed by atoms with Gasteiger partial charge in [-0.15, -0.1) is 0 Å². The summed E-state index contributed by atoms with van der Waals surface area (Å²) in [6.45, 7) is 3.88. The molecule has 8 nitrogen and oxygen atoms in total. The number of anilines is 2. The maximum Gasteiger partial charge on any atom is 0.227 e. The number of amides is 1. The summed E-state index contributed by atoms with van der Waals surface area (Å²) in [4.78, 5) is 30.4. The van der Waals surface area contributed by atoms with Crippen molar-refractivity contribution in [1.29, 1.82) is 0 Å². The number of H-pyrrole nitrogens is 1. The SMILES string of the molecule is Cc1ccc(NC(=O)[C@H]2CC[C@H](c3nc(-c4cc5ccccc5[nH]4)c4c(N)nccn43)CC2)c(C)n1. The van der Waals surface area contributed by atoms with E-state index in [1.807, 2.05) is 44.3 Å². The highest BCUT2D eigenvalue weighted by molar-refractivity contribution is 5.93. The third-order valence-electron chi connectivity index (χ3n) is 7.34. The molecule has 4 aromatic heterocycles. The number of rotatable bonds is 4. The zero-order valence-corrected chi connectivity index (χ0v) is 20.5. The van der Waals surface area contributed by atoms with E-state index in [4.69, 9.17) is 10.7 Å². The number of aromatic amines is 1. The summed E-state index contributed by atoms with van der Waals surface area (Å²) >= 11 is 0. The van der Waals surface area contributed by atoms with Crippen molar-refractivity contribution in [2.45, 2.75) is 45.4 Å². The van der Waals surface area contributed by atoms with Gasteiger partial charge in [0.1, 0.15) is 22.9 Å². The molecule has 1 aliphatic rings. The van der Waals surface area contributed by atoms with Crippen molar-refractivity contribution in [3.63, 3.8) is 0 Å². The molecule has 182 valence electrons. The van der Waals surface area contributed by atoms with Crippen LogP contribution >= 0.6 is 0 Å². The molecule has 0 saturated heterocycles. The number of fused-ring (bicyclic) bond motifs is 2. The molecule has 0 atom stereocenters. The van der Waals surface area contributed by atoms with E-state index in [-0.39, 0.29) is 17.7 Å². The summed E-state index contributed by atoms with van der Waals surface area (Å²) in [5.41, 5.74) is 12.5. The van der Waals surface area contributed by atoms with Crippen LogP contribution in [0.25, 0.3) is 27.8 Å². The zero-order chi connectivity index (χ0) is 24.8. The van der Waals surface area contributed by atoms with Gasteiger partial charge in [-0.25, -0.2) is 9.97 Å². The Morgan fingerprint density at radius 1 is 1.08 bits per heavy atom. The molecule has 4 N–H and O–H groups in total. The summed E-state index contributed by atoms with van der Waals surface area (Å²) in [5, 5.41) is 4.21. The molecule has 1 aromatic carbocycles. The average Bonchev–Trinajstić information content (AvgIpc) is 3.48. The Hall–Kier alpha value is -4.20. The highest BCUT2D eigenvalue weighted by atomic mass is 16.1. The Morgan fingerprint density at radius 2 is 1.89 bits per heavy atom. The minimum Gasteiger partial charge on any atom is -0.382 e. The molecule has 1 fully saturated rings. The maximum absolute atomic E-state index is 13.0. The maximum atomic E-state index is 13.0. The average molecular weight is 480 g/mol. The first kappa shape index (κ1) is 22.3. The van der Waals surface area contributed by atoms with Crippen molar-refractivity contribution >= 4 is 33.8 Å². The fourth-order valence-electron chi connectivity index (χ4n) is 5.43. The van der Waals surface area contributed by atoms with Gasteiger partial charge in [0.15, 0.2) is 0 Å². The number of nitrogens with two attached hydrogens (primary N) is 1. The second-order valence-electron chi connectivity index (χ2n) is 9.74. The van der Waals surface area contributed by atoms with Crippen molar-refractivity contribution in [2.24, 2.45) is 5.92 Å². The lowest BCUT2D eigenvalue weighted by molar-refractivity contribution is -0.120. The summed E-state index contributed by atoms with van der Waals surface area (Å²) in [5.74, 6) is 1.73. The van der Waals surface area contributed by atoms with Gasteiger partial charge in [-0.3, -0.25) is 14.2 Å². The van der Waals surface area contributed by atoms with E-state index in [0.29, 0.717) is 5.82 Å². The largest absolute Gasteiger partial charge is 0.382 e. The van der Waals surface area contributed by atoms with Crippen molar-refractivity contribution in [3.05, 3.63) is 72.1 Å². The molecule has 1 saturated carbocycles. The lowest BCUT2D eigenvalue weighted by Crippen LogP contribution is -2.27. The van der Waals surface area contributed by atoms with Crippen LogP contribution in [0.5, 0.6) is 0 Å². The van der Waals surface area contributed by atoms with Crippen LogP contribution in [0.3, 0.4) is 0 Å². The fraction of sp³-hybridized carbons (Fsp3) is 0.286. The minimum absolute atomic E-state index is 0.0203. The van der Waals surface area contributed by atoms with Gasteiger partial charge in [0.25, 0.3) is 0 Å². The zero-order valence-electron chi connectivity index (χ0n) is 20.5. The van der Waals surface area contributed by atoms with Crippen LogP contribution in [-0.2, 0) is 4.79 Å². The van der Waals surface area contributed by atoms with E-state index in [9.17, 15) is 4.79 Å². The Labute approximate surface area is 209 Å². The van der Waals surface area contributed by atoms with E-state index in [1.165, 1.54) is 0 Å². The van der Waals surface area contributed by atoms with Crippen molar-refractivity contribution in [2.75, 3.05) is 11.1 Å². The van der Waals surface area contributed by atoms with E-state index >= 15 is 0 Å². The van der Waals surface area contributed by atoms with Gasteiger partial charge in [0.05, 0.1) is 17.1 Å². The Kier molecular flexibility index (Phi) is 5.44. The molecule has 36 heavy (non-hydrogen) atoms. The number of benzene rings is 1. The molecule has 6 rings (SSSR count). The third kappa shape index (κ3) is 3.88. The number of carbonyl (C=O) groups is 1. The second kappa shape index (κ2) is 8.78. The molecule has 8 heteroatoms. The van der Waals surface area contributed by atoms with Crippen LogP contribution in [0.4, 0.5) is 11.5 Å². The first-order valence-corrected chi connectivity index (χ1v) is 12.4. The van der Waals surface area contributed by atoms with Crippen LogP contribution in [0, 0.1) is 19.8 Å². The molecule has 0 radical (unpaired) electrons. The number of carbonyl (C=O) groups excluding carboxylic acids is 1. The van der Waals surface area contributed by atoms with Crippen molar-refractivity contribution in [1.82, 2.24) is 24.3 Å². The fourth-order valence-corrected chi connectivity index (χ4v) is 5.43. The number of aromatic nitrogens is 5. The summed E-state index contributed by atoms with van der Waals surface area (Å²) in [7, 11) is 0. The van der Waals surface area contributed by atoms with E-state index in [1.54, 1.807) is 6.20 Å². The van der Waals surface area contributed by atoms with E-state index in [0.717, 1.165) is 76.4 Å². The quantitative estimate of drug-likeness (QED) is 0.320. The number of nitrogens with zero attached hydrogens (tertiary/aromatic N) is 4. The summed E-state index contributed by atoms with van der Waals surface area (Å²) in [6, 6.07) is 14.1. The summed E-state index contributed by atoms with van der Waals surface area (Å²) < 4.78 is 2.08. The van der Waals surface area contributed by atoms with Gasteiger partial charge in [0.2, 0.25) is 5.91 Å².